The summed E-state index contributed by atoms with van der Waals surface area (Å²) in [6.45, 7) is 9.86. The van der Waals surface area contributed by atoms with Gasteiger partial charge < -0.3 is 19.5 Å². The first-order valence-electron chi connectivity index (χ1n) is 11.2. The molecular weight excluding hydrogens is 392 g/mol. The lowest BCUT2D eigenvalue weighted by Crippen LogP contribution is -2.43. The molecule has 2 aromatic heterocycles. The summed E-state index contributed by atoms with van der Waals surface area (Å²) in [6.07, 6.45) is 4.02. The van der Waals surface area contributed by atoms with Crippen molar-refractivity contribution in [2.75, 3.05) is 32.8 Å². The summed E-state index contributed by atoms with van der Waals surface area (Å²) in [6, 6.07) is 7.84. The third-order valence-corrected chi connectivity index (χ3v) is 5.97. The Morgan fingerprint density at radius 3 is 2.68 bits per heavy atom. The first-order chi connectivity index (χ1) is 15.0. The van der Waals surface area contributed by atoms with Crippen LogP contribution in [0.2, 0.25) is 0 Å². The average molecular weight is 427 g/mol. The Bertz CT molecular complexity index is 870. The number of rotatable bonds is 9. The van der Waals surface area contributed by atoms with Crippen LogP contribution in [0.5, 0.6) is 0 Å². The normalized spacial score (nSPS) is 14.6. The van der Waals surface area contributed by atoms with E-state index in [9.17, 15) is 9.59 Å². The highest BCUT2D eigenvalue weighted by molar-refractivity contribution is 5.96. The van der Waals surface area contributed by atoms with Crippen LogP contribution in [0.25, 0.3) is 0 Å². The third kappa shape index (κ3) is 5.94. The second-order valence-electron chi connectivity index (χ2n) is 8.10. The molecule has 0 radical (unpaired) electrons. The van der Waals surface area contributed by atoms with Crippen molar-refractivity contribution in [2.45, 2.75) is 46.6 Å². The largest absolute Gasteiger partial charge is 0.382 e. The maximum Gasteiger partial charge on any atom is 0.255 e. The number of hydrogen-bond acceptors (Lipinski definition) is 4. The van der Waals surface area contributed by atoms with Crippen LogP contribution in [-0.4, -0.2) is 59.1 Å². The molecule has 168 valence electrons. The van der Waals surface area contributed by atoms with E-state index in [0.29, 0.717) is 52.2 Å². The standard InChI is InChI=1S/C24H34N4O3/c1-4-31-15-7-12-26-23(29)20-9-13-27(14-10-20)24(30)22-16-18(2)28(19(22)3)17-21-8-5-6-11-25-21/h5-6,8,11,16,20H,4,7,9-10,12-15,17H2,1-3H3,(H,26,29). The van der Waals surface area contributed by atoms with Gasteiger partial charge in [-0.25, -0.2) is 0 Å². The Morgan fingerprint density at radius 1 is 1.23 bits per heavy atom. The molecule has 0 unspecified atom stereocenters. The van der Waals surface area contributed by atoms with Crippen molar-refractivity contribution in [1.29, 1.82) is 0 Å². The van der Waals surface area contributed by atoms with Gasteiger partial charge in [0.2, 0.25) is 5.91 Å². The van der Waals surface area contributed by atoms with Crippen LogP contribution in [0.3, 0.4) is 0 Å². The molecule has 1 saturated heterocycles. The van der Waals surface area contributed by atoms with Crippen LogP contribution >= 0.6 is 0 Å². The molecule has 0 aliphatic carbocycles. The van der Waals surface area contributed by atoms with E-state index >= 15 is 0 Å². The van der Waals surface area contributed by atoms with Gasteiger partial charge in [-0.1, -0.05) is 6.07 Å². The summed E-state index contributed by atoms with van der Waals surface area (Å²) >= 11 is 0. The van der Waals surface area contributed by atoms with Gasteiger partial charge in [-0.05, 0) is 58.2 Å². The zero-order chi connectivity index (χ0) is 22.2. The minimum Gasteiger partial charge on any atom is -0.382 e. The van der Waals surface area contributed by atoms with Gasteiger partial charge in [0.1, 0.15) is 0 Å². The SMILES string of the molecule is CCOCCCNC(=O)C1CCN(C(=O)c2cc(C)n(Cc3ccccn3)c2C)CC1. The van der Waals surface area contributed by atoms with Crippen LogP contribution in [0.15, 0.2) is 30.5 Å². The molecule has 7 nitrogen and oxygen atoms in total. The zero-order valence-corrected chi connectivity index (χ0v) is 18.9. The molecule has 7 heteroatoms. The zero-order valence-electron chi connectivity index (χ0n) is 18.9. The van der Waals surface area contributed by atoms with Gasteiger partial charge >= 0.3 is 0 Å². The molecule has 0 atom stereocenters. The number of nitrogens with zero attached hydrogens (tertiary/aromatic N) is 3. The van der Waals surface area contributed by atoms with Crippen molar-refractivity contribution in [3.63, 3.8) is 0 Å². The number of likely N-dealkylation sites (tertiary alicyclic amines) is 1. The molecule has 3 heterocycles. The number of amides is 2. The second-order valence-corrected chi connectivity index (χ2v) is 8.10. The molecule has 2 aromatic rings. The van der Waals surface area contributed by atoms with Crippen LogP contribution in [-0.2, 0) is 16.1 Å². The molecule has 3 rings (SSSR count). The van der Waals surface area contributed by atoms with E-state index in [1.807, 2.05) is 49.9 Å². The van der Waals surface area contributed by atoms with Crippen molar-refractivity contribution in [3.05, 3.63) is 53.1 Å². The van der Waals surface area contributed by atoms with Gasteiger partial charge in [-0.2, -0.15) is 0 Å². The maximum absolute atomic E-state index is 13.2. The molecule has 0 bridgehead atoms. The lowest BCUT2D eigenvalue weighted by molar-refractivity contribution is -0.126. The van der Waals surface area contributed by atoms with Crippen LogP contribution in [0.1, 0.15) is 53.6 Å². The smallest absolute Gasteiger partial charge is 0.255 e. The third-order valence-electron chi connectivity index (χ3n) is 5.97. The van der Waals surface area contributed by atoms with Crippen molar-refractivity contribution in [1.82, 2.24) is 19.8 Å². The first-order valence-corrected chi connectivity index (χ1v) is 11.2. The highest BCUT2D eigenvalue weighted by Crippen LogP contribution is 2.23. The van der Waals surface area contributed by atoms with E-state index in [1.165, 1.54) is 0 Å². The van der Waals surface area contributed by atoms with E-state index in [-0.39, 0.29) is 17.7 Å². The van der Waals surface area contributed by atoms with E-state index < -0.39 is 0 Å². The number of ether oxygens (including phenoxy) is 1. The lowest BCUT2D eigenvalue weighted by Gasteiger charge is -2.31. The van der Waals surface area contributed by atoms with Gasteiger partial charge in [0.15, 0.2) is 0 Å². The number of piperidine rings is 1. The number of carbonyl (C=O) groups is 2. The molecule has 0 spiro atoms. The lowest BCUT2D eigenvalue weighted by atomic mass is 9.95. The van der Waals surface area contributed by atoms with Gasteiger partial charge in [-0.3, -0.25) is 14.6 Å². The summed E-state index contributed by atoms with van der Waals surface area (Å²) in [4.78, 5) is 31.8. The van der Waals surface area contributed by atoms with E-state index in [4.69, 9.17) is 4.74 Å². The monoisotopic (exact) mass is 426 g/mol. The van der Waals surface area contributed by atoms with E-state index in [0.717, 1.165) is 29.1 Å². The van der Waals surface area contributed by atoms with Gasteiger partial charge in [-0.15, -0.1) is 0 Å². The number of nitrogens with one attached hydrogen (secondary N) is 1. The van der Waals surface area contributed by atoms with E-state index in [1.54, 1.807) is 6.20 Å². The quantitative estimate of drug-likeness (QED) is 0.626. The summed E-state index contributed by atoms with van der Waals surface area (Å²) in [5.74, 6) is 0.126. The summed E-state index contributed by atoms with van der Waals surface area (Å²) < 4.78 is 7.43. The molecule has 1 aliphatic heterocycles. The maximum atomic E-state index is 13.2. The molecular formula is C24H34N4O3. The predicted octanol–water partition coefficient (Wildman–Crippen LogP) is 2.94. The molecule has 1 fully saturated rings. The fraction of sp³-hybridized carbons (Fsp3) is 0.542. The minimum atomic E-state index is -0.0206. The minimum absolute atomic E-state index is 0.0206. The van der Waals surface area contributed by atoms with E-state index in [2.05, 4.69) is 14.9 Å². The fourth-order valence-electron chi connectivity index (χ4n) is 4.10. The van der Waals surface area contributed by atoms with Gasteiger partial charge in [0.25, 0.3) is 5.91 Å². The highest BCUT2D eigenvalue weighted by Gasteiger charge is 2.29. The highest BCUT2D eigenvalue weighted by atomic mass is 16.5. The fourth-order valence-corrected chi connectivity index (χ4v) is 4.10. The Morgan fingerprint density at radius 2 is 2.00 bits per heavy atom. The number of aromatic nitrogens is 2. The van der Waals surface area contributed by atoms with Crippen molar-refractivity contribution in [3.8, 4) is 0 Å². The summed E-state index contributed by atoms with van der Waals surface area (Å²) in [5, 5.41) is 3.00. The number of pyridine rings is 1. The Labute approximate surface area is 184 Å². The van der Waals surface area contributed by atoms with Crippen molar-refractivity contribution in [2.24, 2.45) is 5.92 Å². The van der Waals surface area contributed by atoms with Crippen LogP contribution in [0, 0.1) is 19.8 Å². The van der Waals surface area contributed by atoms with Crippen molar-refractivity contribution < 1.29 is 14.3 Å². The topological polar surface area (TPSA) is 76.5 Å². The van der Waals surface area contributed by atoms with Gasteiger partial charge in [0.05, 0.1) is 17.8 Å². The predicted molar refractivity (Wildman–Crippen MR) is 120 cm³/mol. The Kier molecular flexibility index (Phi) is 8.23. The second kappa shape index (κ2) is 11.1. The Hall–Kier alpha value is -2.67. The van der Waals surface area contributed by atoms with Crippen molar-refractivity contribution >= 4 is 11.8 Å². The number of aryl methyl sites for hydroxylation is 1. The average Bonchev–Trinajstić information content (AvgIpc) is 3.07. The van der Waals surface area contributed by atoms with Crippen LogP contribution < -0.4 is 5.32 Å². The molecule has 2 amide bonds. The first kappa shape index (κ1) is 23.0. The molecule has 1 N–H and O–H groups in total. The summed E-state index contributed by atoms with van der Waals surface area (Å²) in [5.41, 5.74) is 3.72. The van der Waals surface area contributed by atoms with Gasteiger partial charge in [0, 0.05) is 56.4 Å². The number of hydrogen-bond donors (Lipinski definition) is 1. The Balaban J connectivity index is 1.54. The number of carbonyl (C=O) groups excluding carboxylic acids is 2. The van der Waals surface area contributed by atoms with Crippen LogP contribution in [0.4, 0.5) is 0 Å². The molecule has 31 heavy (non-hydrogen) atoms. The molecule has 0 saturated carbocycles. The summed E-state index contributed by atoms with van der Waals surface area (Å²) in [7, 11) is 0. The molecule has 0 aromatic carbocycles. The molecule has 1 aliphatic rings.